The Balaban J connectivity index is 2.52. The Bertz CT molecular complexity index is 311. The summed E-state index contributed by atoms with van der Waals surface area (Å²) < 4.78 is 30.2. The van der Waals surface area contributed by atoms with Crippen LogP contribution in [0.3, 0.4) is 0 Å². The maximum absolute atomic E-state index is 11.1. The zero-order chi connectivity index (χ0) is 12.9. The summed E-state index contributed by atoms with van der Waals surface area (Å²) in [6.45, 7) is 8.09. The summed E-state index contributed by atoms with van der Waals surface area (Å²) >= 11 is 0. The van der Waals surface area contributed by atoms with Gasteiger partial charge in [-0.05, 0) is 12.3 Å². The van der Waals surface area contributed by atoms with Crippen LogP contribution >= 0.6 is 0 Å². The van der Waals surface area contributed by atoms with Crippen molar-refractivity contribution in [3.8, 4) is 0 Å². The van der Waals surface area contributed by atoms with E-state index in [4.69, 9.17) is 4.74 Å². The highest BCUT2D eigenvalue weighted by Crippen LogP contribution is 2.13. The van der Waals surface area contributed by atoms with Crippen molar-refractivity contribution in [2.75, 3.05) is 39.1 Å². The normalized spacial score (nSPS) is 20.7. The van der Waals surface area contributed by atoms with Crippen LogP contribution in [-0.4, -0.2) is 58.5 Å². The van der Waals surface area contributed by atoms with Crippen molar-refractivity contribution in [2.45, 2.75) is 26.3 Å². The summed E-state index contributed by atoms with van der Waals surface area (Å²) in [5.74, 6) is 0.559. The number of morpholine rings is 1. The van der Waals surface area contributed by atoms with Crippen LogP contribution in [-0.2, 0) is 14.8 Å². The van der Waals surface area contributed by atoms with Gasteiger partial charge in [0.1, 0.15) is 0 Å². The van der Waals surface area contributed by atoms with Crippen LogP contribution in [0.2, 0.25) is 0 Å². The summed E-state index contributed by atoms with van der Waals surface area (Å²) in [6, 6.07) is 0.272. The standard InChI is InChI=1S/C11H24N2O3S/c1-10(2)8-11(9-12-17(3,14)15)13-4-6-16-7-5-13/h10-12H,4-9H2,1-3H3. The molecule has 1 aliphatic rings. The third-order valence-corrected chi connectivity index (χ3v) is 3.58. The van der Waals surface area contributed by atoms with Gasteiger partial charge in [0.2, 0.25) is 10.0 Å². The maximum Gasteiger partial charge on any atom is 0.208 e. The fraction of sp³-hybridized carbons (Fsp3) is 1.00. The van der Waals surface area contributed by atoms with Gasteiger partial charge >= 0.3 is 0 Å². The van der Waals surface area contributed by atoms with Crippen LogP contribution in [0.1, 0.15) is 20.3 Å². The molecule has 0 amide bonds. The smallest absolute Gasteiger partial charge is 0.208 e. The molecule has 1 atom stereocenters. The van der Waals surface area contributed by atoms with Crippen molar-refractivity contribution < 1.29 is 13.2 Å². The highest BCUT2D eigenvalue weighted by Gasteiger charge is 2.22. The van der Waals surface area contributed by atoms with Gasteiger partial charge in [0.15, 0.2) is 0 Å². The van der Waals surface area contributed by atoms with Crippen LogP contribution in [0, 0.1) is 5.92 Å². The van der Waals surface area contributed by atoms with E-state index < -0.39 is 10.0 Å². The molecule has 0 bridgehead atoms. The van der Waals surface area contributed by atoms with Crippen LogP contribution in [0.4, 0.5) is 0 Å². The lowest BCUT2D eigenvalue weighted by molar-refractivity contribution is 0.0135. The molecular formula is C11H24N2O3S. The lowest BCUT2D eigenvalue weighted by atomic mass is 10.0. The molecule has 102 valence electrons. The van der Waals surface area contributed by atoms with E-state index >= 15 is 0 Å². The van der Waals surface area contributed by atoms with Gasteiger partial charge in [-0.3, -0.25) is 4.90 Å². The monoisotopic (exact) mass is 264 g/mol. The second-order valence-corrected chi connectivity index (χ2v) is 6.89. The average molecular weight is 264 g/mol. The molecule has 0 spiro atoms. The van der Waals surface area contributed by atoms with E-state index in [0.29, 0.717) is 12.5 Å². The number of hydrogen-bond acceptors (Lipinski definition) is 4. The summed E-state index contributed by atoms with van der Waals surface area (Å²) in [7, 11) is -3.10. The molecule has 0 aliphatic carbocycles. The first-order valence-corrected chi connectivity index (χ1v) is 8.04. The summed E-state index contributed by atoms with van der Waals surface area (Å²) in [4.78, 5) is 2.32. The number of sulfonamides is 1. The highest BCUT2D eigenvalue weighted by atomic mass is 32.2. The molecule has 1 unspecified atom stereocenters. The second kappa shape index (κ2) is 6.68. The van der Waals surface area contributed by atoms with E-state index in [1.165, 1.54) is 6.26 Å². The largest absolute Gasteiger partial charge is 0.379 e. The van der Waals surface area contributed by atoms with E-state index in [1.807, 2.05) is 0 Å². The number of ether oxygens (including phenoxy) is 1. The Kier molecular flexibility index (Phi) is 5.85. The topological polar surface area (TPSA) is 58.6 Å². The molecule has 0 saturated carbocycles. The van der Waals surface area contributed by atoms with Crippen molar-refractivity contribution in [2.24, 2.45) is 5.92 Å². The molecule has 1 N–H and O–H groups in total. The van der Waals surface area contributed by atoms with Crippen LogP contribution in [0.5, 0.6) is 0 Å². The van der Waals surface area contributed by atoms with E-state index in [0.717, 1.165) is 32.7 Å². The maximum atomic E-state index is 11.1. The van der Waals surface area contributed by atoms with Crippen molar-refractivity contribution in [3.63, 3.8) is 0 Å². The Morgan fingerprint density at radius 3 is 2.35 bits per heavy atom. The molecule has 6 heteroatoms. The average Bonchev–Trinajstić information content (AvgIpc) is 2.24. The van der Waals surface area contributed by atoms with E-state index in [1.54, 1.807) is 0 Å². The molecular weight excluding hydrogens is 240 g/mol. The first-order chi connectivity index (χ1) is 7.88. The molecule has 1 saturated heterocycles. The van der Waals surface area contributed by atoms with Crippen LogP contribution in [0.25, 0.3) is 0 Å². The van der Waals surface area contributed by atoms with E-state index in [2.05, 4.69) is 23.5 Å². The Morgan fingerprint density at radius 2 is 1.88 bits per heavy atom. The lowest BCUT2D eigenvalue weighted by Crippen LogP contribution is -2.49. The summed E-state index contributed by atoms with van der Waals surface area (Å²) in [5.41, 5.74) is 0. The van der Waals surface area contributed by atoms with E-state index in [-0.39, 0.29) is 6.04 Å². The predicted molar refractivity (Wildman–Crippen MR) is 68.5 cm³/mol. The van der Waals surface area contributed by atoms with Crippen molar-refractivity contribution in [1.82, 2.24) is 9.62 Å². The lowest BCUT2D eigenvalue weighted by Gasteiger charge is -2.35. The molecule has 1 fully saturated rings. The fourth-order valence-corrected chi connectivity index (χ4v) is 2.59. The molecule has 5 nitrogen and oxygen atoms in total. The number of rotatable bonds is 6. The zero-order valence-corrected chi connectivity index (χ0v) is 11.8. The molecule has 0 aromatic heterocycles. The zero-order valence-electron chi connectivity index (χ0n) is 11.0. The van der Waals surface area contributed by atoms with Gasteiger partial charge in [0.05, 0.1) is 19.5 Å². The van der Waals surface area contributed by atoms with Gasteiger partial charge in [-0.25, -0.2) is 13.1 Å². The Labute approximate surface area is 105 Å². The van der Waals surface area contributed by atoms with Gasteiger partial charge in [0, 0.05) is 25.7 Å². The molecule has 17 heavy (non-hydrogen) atoms. The Morgan fingerprint density at radius 1 is 1.29 bits per heavy atom. The quantitative estimate of drug-likeness (QED) is 0.749. The summed E-state index contributed by atoms with van der Waals surface area (Å²) in [6.07, 6.45) is 2.21. The first-order valence-electron chi connectivity index (χ1n) is 6.15. The highest BCUT2D eigenvalue weighted by molar-refractivity contribution is 7.88. The first kappa shape index (κ1) is 14.9. The van der Waals surface area contributed by atoms with E-state index in [9.17, 15) is 8.42 Å². The van der Waals surface area contributed by atoms with Gasteiger partial charge in [-0.2, -0.15) is 0 Å². The fourth-order valence-electron chi connectivity index (χ4n) is 2.10. The van der Waals surface area contributed by atoms with Gasteiger partial charge in [-0.1, -0.05) is 13.8 Å². The van der Waals surface area contributed by atoms with Crippen molar-refractivity contribution in [1.29, 1.82) is 0 Å². The summed E-state index contributed by atoms with van der Waals surface area (Å²) in [5, 5.41) is 0. The number of nitrogens with zero attached hydrogens (tertiary/aromatic N) is 1. The molecule has 1 rings (SSSR count). The third kappa shape index (κ3) is 6.35. The molecule has 0 aromatic carbocycles. The minimum atomic E-state index is -3.10. The molecule has 1 aliphatic heterocycles. The van der Waals surface area contributed by atoms with Gasteiger partial charge in [-0.15, -0.1) is 0 Å². The third-order valence-electron chi connectivity index (χ3n) is 2.89. The minimum Gasteiger partial charge on any atom is -0.379 e. The second-order valence-electron chi connectivity index (χ2n) is 5.05. The van der Waals surface area contributed by atoms with Gasteiger partial charge < -0.3 is 4.74 Å². The van der Waals surface area contributed by atoms with Gasteiger partial charge in [0.25, 0.3) is 0 Å². The Hall–Kier alpha value is -0.170. The van der Waals surface area contributed by atoms with Crippen LogP contribution < -0.4 is 4.72 Å². The number of hydrogen-bond donors (Lipinski definition) is 1. The number of nitrogens with one attached hydrogen (secondary N) is 1. The SMILES string of the molecule is CC(C)CC(CNS(C)(=O)=O)N1CCOCC1. The van der Waals surface area contributed by atoms with Crippen LogP contribution in [0.15, 0.2) is 0 Å². The minimum absolute atomic E-state index is 0.272. The molecule has 0 aromatic rings. The molecule has 1 heterocycles. The van der Waals surface area contributed by atoms with Crippen molar-refractivity contribution in [3.05, 3.63) is 0 Å². The molecule has 0 radical (unpaired) electrons. The predicted octanol–water partition coefficient (Wildman–Crippen LogP) is 0.283. The van der Waals surface area contributed by atoms with Crippen molar-refractivity contribution >= 4 is 10.0 Å².